The minimum atomic E-state index is -0.361. The molecule has 0 aromatic carbocycles. The van der Waals surface area contributed by atoms with Gasteiger partial charge in [-0.1, -0.05) is 69.2 Å². The summed E-state index contributed by atoms with van der Waals surface area (Å²) in [6, 6.07) is 0. The van der Waals surface area contributed by atoms with Gasteiger partial charge in [0, 0.05) is 23.0 Å². The van der Waals surface area contributed by atoms with Gasteiger partial charge in [-0.05, 0) is 70.8 Å². The maximum Gasteiger partial charge on any atom is 0.144 e. The molecule has 0 amide bonds. The number of carbonyl (C=O) groups excluding carboxylic acids is 1. The number of carbonyl (C=O) groups is 1. The summed E-state index contributed by atoms with van der Waals surface area (Å²) in [5, 5.41) is 3.91. The molecule has 0 aromatic rings. The summed E-state index contributed by atoms with van der Waals surface area (Å²) < 4.78 is 6.02. The Morgan fingerprint density at radius 3 is 1.63 bits per heavy atom. The zero-order chi connectivity index (χ0) is 24.2. The molecule has 0 aliphatic rings. The SMILES string of the molecule is CCC(C)(CCNC(C)(CC)C(C)(C)CCOC(C)(C)C)C(C)(C)C(=O)C(C)(C)C. The third-order valence-electron chi connectivity index (χ3n) is 8.19. The van der Waals surface area contributed by atoms with E-state index in [0.29, 0.717) is 5.78 Å². The Bertz CT molecular complexity index is 550. The fourth-order valence-corrected chi connectivity index (χ4v) is 4.49. The Morgan fingerprint density at radius 2 is 1.27 bits per heavy atom. The minimum Gasteiger partial charge on any atom is -0.376 e. The van der Waals surface area contributed by atoms with Gasteiger partial charge in [0.1, 0.15) is 5.78 Å². The lowest BCUT2D eigenvalue weighted by molar-refractivity contribution is -0.142. The summed E-state index contributed by atoms with van der Waals surface area (Å²) in [6.45, 7) is 32.3. The fourth-order valence-electron chi connectivity index (χ4n) is 4.49. The van der Waals surface area contributed by atoms with Crippen LogP contribution in [-0.4, -0.2) is 30.1 Å². The van der Waals surface area contributed by atoms with Crippen molar-refractivity contribution in [2.24, 2.45) is 21.7 Å². The molecule has 180 valence electrons. The van der Waals surface area contributed by atoms with Crippen LogP contribution in [0, 0.1) is 21.7 Å². The fraction of sp³-hybridized carbons (Fsp3) is 0.963. The number of rotatable bonds is 12. The third kappa shape index (κ3) is 7.33. The highest BCUT2D eigenvalue weighted by Gasteiger charge is 2.48. The van der Waals surface area contributed by atoms with Gasteiger partial charge in [0.25, 0.3) is 0 Å². The molecule has 0 aromatic heterocycles. The van der Waals surface area contributed by atoms with Crippen LogP contribution in [0.25, 0.3) is 0 Å². The first-order valence-corrected chi connectivity index (χ1v) is 12.1. The number of ketones is 1. The molecule has 3 heteroatoms. The Morgan fingerprint density at radius 1 is 0.767 bits per heavy atom. The van der Waals surface area contributed by atoms with Crippen molar-refractivity contribution in [1.82, 2.24) is 5.32 Å². The van der Waals surface area contributed by atoms with Crippen LogP contribution in [0.15, 0.2) is 0 Å². The summed E-state index contributed by atoms with van der Waals surface area (Å²) in [6.07, 6.45) is 4.06. The molecule has 0 heterocycles. The molecule has 0 aliphatic heterocycles. The zero-order valence-corrected chi connectivity index (χ0v) is 23.1. The van der Waals surface area contributed by atoms with Gasteiger partial charge in [0.2, 0.25) is 0 Å². The third-order valence-corrected chi connectivity index (χ3v) is 8.19. The van der Waals surface area contributed by atoms with E-state index in [1.165, 1.54) is 0 Å². The normalized spacial score (nSPS) is 18.1. The van der Waals surface area contributed by atoms with E-state index in [4.69, 9.17) is 4.74 Å². The monoisotopic (exact) mass is 425 g/mol. The van der Waals surface area contributed by atoms with Crippen LogP contribution in [0.2, 0.25) is 0 Å². The van der Waals surface area contributed by atoms with Gasteiger partial charge in [-0.3, -0.25) is 4.79 Å². The van der Waals surface area contributed by atoms with E-state index in [2.05, 4.69) is 81.5 Å². The van der Waals surface area contributed by atoms with Crippen molar-refractivity contribution in [3.05, 3.63) is 0 Å². The number of nitrogens with one attached hydrogen (secondary N) is 1. The first-order valence-electron chi connectivity index (χ1n) is 12.1. The smallest absolute Gasteiger partial charge is 0.144 e. The summed E-state index contributed by atoms with van der Waals surface area (Å²) in [5.74, 6) is 0.359. The van der Waals surface area contributed by atoms with Gasteiger partial charge in [-0.2, -0.15) is 0 Å². The quantitative estimate of drug-likeness (QED) is 0.353. The predicted octanol–water partition coefficient (Wildman–Crippen LogP) is 7.42. The van der Waals surface area contributed by atoms with E-state index >= 15 is 0 Å². The molecule has 0 aliphatic carbocycles. The predicted molar refractivity (Wildman–Crippen MR) is 132 cm³/mol. The highest BCUT2D eigenvalue weighted by Crippen LogP contribution is 2.48. The van der Waals surface area contributed by atoms with E-state index in [0.717, 1.165) is 38.8 Å². The van der Waals surface area contributed by atoms with Crippen molar-refractivity contribution in [2.75, 3.05) is 13.2 Å². The van der Waals surface area contributed by atoms with E-state index in [1.54, 1.807) is 0 Å². The lowest BCUT2D eigenvalue weighted by Gasteiger charge is -2.48. The van der Waals surface area contributed by atoms with Crippen LogP contribution in [0.1, 0.15) is 123 Å². The lowest BCUT2D eigenvalue weighted by Crippen LogP contribution is -2.55. The summed E-state index contributed by atoms with van der Waals surface area (Å²) in [5.41, 5.74) is -0.702. The van der Waals surface area contributed by atoms with E-state index in [-0.39, 0.29) is 32.8 Å². The largest absolute Gasteiger partial charge is 0.376 e. The second-order valence-electron chi connectivity index (χ2n) is 13.1. The summed E-state index contributed by atoms with van der Waals surface area (Å²) >= 11 is 0. The van der Waals surface area contributed by atoms with E-state index < -0.39 is 0 Å². The molecule has 0 rings (SSSR count). The highest BCUT2D eigenvalue weighted by molar-refractivity contribution is 5.89. The van der Waals surface area contributed by atoms with Crippen molar-refractivity contribution in [3.8, 4) is 0 Å². The van der Waals surface area contributed by atoms with Crippen molar-refractivity contribution in [2.45, 2.75) is 134 Å². The standard InChI is InChI=1S/C27H55NO2/c1-15-26(13,25(11,12)21(29)22(3,4)5)17-19-28-27(14,16-2)24(9,10)18-20-30-23(6,7)8/h28H,15-20H2,1-14H3. The maximum absolute atomic E-state index is 13.2. The molecule has 2 atom stereocenters. The highest BCUT2D eigenvalue weighted by atomic mass is 16.5. The van der Waals surface area contributed by atoms with Gasteiger partial charge in [-0.15, -0.1) is 0 Å². The lowest BCUT2D eigenvalue weighted by atomic mass is 9.57. The zero-order valence-electron chi connectivity index (χ0n) is 23.1. The second kappa shape index (κ2) is 10.0. The minimum absolute atomic E-state index is 0.0150. The number of ether oxygens (including phenoxy) is 1. The van der Waals surface area contributed by atoms with Crippen LogP contribution in [0.5, 0.6) is 0 Å². The van der Waals surface area contributed by atoms with Crippen molar-refractivity contribution < 1.29 is 9.53 Å². The van der Waals surface area contributed by atoms with Gasteiger partial charge in [-0.25, -0.2) is 0 Å². The van der Waals surface area contributed by atoms with Crippen LogP contribution >= 0.6 is 0 Å². The van der Waals surface area contributed by atoms with Crippen molar-refractivity contribution in [3.63, 3.8) is 0 Å². The van der Waals surface area contributed by atoms with Crippen molar-refractivity contribution in [1.29, 1.82) is 0 Å². The summed E-state index contributed by atoms with van der Waals surface area (Å²) in [4.78, 5) is 13.2. The Labute approximate surface area is 189 Å². The van der Waals surface area contributed by atoms with Gasteiger partial charge in [0.05, 0.1) is 5.60 Å². The maximum atomic E-state index is 13.2. The number of hydrogen-bond donors (Lipinski definition) is 1. The molecular formula is C27H55NO2. The molecule has 1 N–H and O–H groups in total. The molecular weight excluding hydrogens is 370 g/mol. The molecule has 2 unspecified atom stereocenters. The second-order valence-corrected chi connectivity index (χ2v) is 13.1. The van der Waals surface area contributed by atoms with Gasteiger partial charge < -0.3 is 10.1 Å². The molecule has 0 bridgehead atoms. The molecule has 0 saturated carbocycles. The first kappa shape index (κ1) is 29.6. The summed E-state index contributed by atoms with van der Waals surface area (Å²) in [7, 11) is 0. The Kier molecular flexibility index (Phi) is 9.89. The number of Topliss-reactive ketones (excluding diaryl/α,β-unsaturated/α-hetero) is 1. The van der Waals surface area contributed by atoms with E-state index in [9.17, 15) is 4.79 Å². The van der Waals surface area contributed by atoms with E-state index in [1.807, 2.05) is 20.8 Å². The average Bonchev–Trinajstić information content (AvgIpc) is 2.57. The average molecular weight is 426 g/mol. The molecule has 0 spiro atoms. The van der Waals surface area contributed by atoms with Crippen LogP contribution in [0.4, 0.5) is 0 Å². The number of hydrogen-bond acceptors (Lipinski definition) is 3. The molecule has 0 fully saturated rings. The molecule has 0 saturated heterocycles. The Hall–Kier alpha value is -0.410. The van der Waals surface area contributed by atoms with Crippen LogP contribution in [0.3, 0.4) is 0 Å². The molecule has 3 nitrogen and oxygen atoms in total. The van der Waals surface area contributed by atoms with Crippen LogP contribution < -0.4 is 5.32 Å². The van der Waals surface area contributed by atoms with Crippen molar-refractivity contribution >= 4 is 5.78 Å². The first-order chi connectivity index (χ1) is 13.2. The van der Waals surface area contributed by atoms with Crippen LogP contribution in [-0.2, 0) is 9.53 Å². The topological polar surface area (TPSA) is 38.3 Å². The molecule has 30 heavy (non-hydrogen) atoms. The van der Waals surface area contributed by atoms with Gasteiger partial charge in [0.15, 0.2) is 0 Å². The molecule has 0 radical (unpaired) electrons. The van der Waals surface area contributed by atoms with Gasteiger partial charge >= 0.3 is 0 Å². The Balaban J connectivity index is 5.29.